The minimum atomic E-state index is -0.0636. The Kier molecular flexibility index (Phi) is 4.75. The number of aromatic nitrogens is 1. The average Bonchev–Trinajstić information content (AvgIpc) is 2.52. The maximum Gasteiger partial charge on any atom is 0.161 e. The zero-order valence-electron chi connectivity index (χ0n) is 12.0. The van der Waals surface area contributed by atoms with E-state index in [0.717, 1.165) is 11.1 Å². The molecule has 0 spiro atoms. The van der Waals surface area contributed by atoms with Crippen LogP contribution in [0.5, 0.6) is 11.5 Å². The van der Waals surface area contributed by atoms with Gasteiger partial charge in [-0.15, -0.1) is 0 Å². The SMILES string of the molecule is COc1cc(C(C)N)ccc1OCc1ccnc(C#N)c1. The normalized spacial score (nSPS) is 11.5. The first-order valence-electron chi connectivity index (χ1n) is 6.55. The summed E-state index contributed by atoms with van der Waals surface area (Å²) in [6.07, 6.45) is 1.59. The van der Waals surface area contributed by atoms with Gasteiger partial charge < -0.3 is 15.2 Å². The molecule has 0 amide bonds. The fourth-order valence-electron chi connectivity index (χ4n) is 1.87. The molecule has 0 aliphatic rings. The minimum Gasteiger partial charge on any atom is -0.493 e. The number of nitrogens with zero attached hydrogens (tertiary/aromatic N) is 2. The summed E-state index contributed by atoms with van der Waals surface area (Å²) in [7, 11) is 1.59. The molecule has 2 rings (SSSR count). The fraction of sp³-hybridized carbons (Fsp3) is 0.250. The summed E-state index contributed by atoms with van der Waals surface area (Å²) in [6.45, 7) is 2.25. The predicted molar refractivity (Wildman–Crippen MR) is 78.9 cm³/mol. The predicted octanol–water partition coefficient (Wildman–Crippen LogP) is 2.56. The van der Waals surface area contributed by atoms with Gasteiger partial charge in [-0.2, -0.15) is 5.26 Å². The minimum absolute atomic E-state index is 0.0636. The van der Waals surface area contributed by atoms with Crippen LogP contribution in [-0.2, 0) is 6.61 Å². The van der Waals surface area contributed by atoms with Gasteiger partial charge in [0.1, 0.15) is 18.4 Å². The van der Waals surface area contributed by atoms with Gasteiger partial charge in [0.15, 0.2) is 11.5 Å². The lowest BCUT2D eigenvalue weighted by atomic mass is 10.1. The van der Waals surface area contributed by atoms with Crippen LogP contribution in [0, 0.1) is 11.3 Å². The molecule has 0 bridgehead atoms. The van der Waals surface area contributed by atoms with E-state index in [4.69, 9.17) is 20.5 Å². The van der Waals surface area contributed by atoms with Crippen molar-refractivity contribution in [3.63, 3.8) is 0 Å². The lowest BCUT2D eigenvalue weighted by Gasteiger charge is -2.13. The molecule has 0 aliphatic heterocycles. The second-order valence-electron chi connectivity index (χ2n) is 4.65. The van der Waals surface area contributed by atoms with Crippen LogP contribution in [0.15, 0.2) is 36.5 Å². The number of pyridine rings is 1. The van der Waals surface area contributed by atoms with Gasteiger partial charge in [0, 0.05) is 12.2 Å². The molecule has 0 saturated heterocycles. The zero-order valence-corrected chi connectivity index (χ0v) is 12.0. The van der Waals surface area contributed by atoms with Crippen LogP contribution in [0.3, 0.4) is 0 Å². The summed E-state index contributed by atoms with van der Waals surface area (Å²) in [5, 5.41) is 8.83. The molecular formula is C16H17N3O2. The Balaban J connectivity index is 2.14. The highest BCUT2D eigenvalue weighted by Crippen LogP contribution is 2.30. The molecule has 0 saturated carbocycles. The molecule has 1 heterocycles. The summed E-state index contributed by atoms with van der Waals surface area (Å²) in [5.41, 5.74) is 8.08. The maximum absolute atomic E-state index is 8.83. The third kappa shape index (κ3) is 3.71. The molecule has 0 fully saturated rings. The van der Waals surface area contributed by atoms with Crippen molar-refractivity contribution in [2.75, 3.05) is 7.11 Å². The van der Waals surface area contributed by atoms with Crippen molar-refractivity contribution in [2.45, 2.75) is 19.6 Å². The molecule has 1 atom stereocenters. The topological polar surface area (TPSA) is 81.2 Å². The van der Waals surface area contributed by atoms with E-state index < -0.39 is 0 Å². The van der Waals surface area contributed by atoms with Crippen molar-refractivity contribution >= 4 is 0 Å². The highest BCUT2D eigenvalue weighted by atomic mass is 16.5. The number of ether oxygens (including phenoxy) is 2. The Morgan fingerprint density at radius 2 is 2.10 bits per heavy atom. The highest BCUT2D eigenvalue weighted by Gasteiger charge is 2.08. The molecule has 0 aliphatic carbocycles. The van der Waals surface area contributed by atoms with Gasteiger partial charge in [-0.3, -0.25) is 0 Å². The number of nitrogens with two attached hydrogens (primary N) is 1. The molecule has 2 aromatic rings. The lowest BCUT2D eigenvalue weighted by Crippen LogP contribution is -2.06. The molecular weight excluding hydrogens is 266 g/mol. The second kappa shape index (κ2) is 6.73. The van der Waals surface area contributed by atoms with E-state index in [1.165, 1.54) is 0 Å². The third-order valence-electron chi connectivity index (χ3n) is 3.05. The summed E-state index contributed by atoms with van der Waals surface area (Å²) >= 11 is 0. The van der Waals surface area contributed by atoms with E-state index in [-0.39, 0.29) is 6.04 Å². The van der Waals surface area contributed by atoms with E-state index >= 15 is 0 Å². The quantitative estimate of drug-likeness (QED) is 0.912. The van der Waals surface area contributed by atoms with E-state index in [1.54, 1.807) is 19.4 Å². The first-order valence-corrected chi connectivity index (χ1v) is 6.55. The van der Waals surface area contributed by atoms with E-state index in [0.29, 0.717) is 23.8 Å². The van der Waals surface area contributed by atoms with Crippen molar-refractivity contribution in [1.82, 2.24) is 4.98 Å². The van der Waals surface area contributed by atoms with Gasteiger partial charge in [-0.1, -0.05) is 6.07 Å². The average molecular weight is 283 g/mol. The van der Waals surface area contributed by atoms with E-state index in [1.807, 2.05) is 37.3 Å². The highest BCUT2D eigenvalue weighted by molar-refractivity contribution is 5.43. The van der Waals surface area contributed by atoms with E-state index in [9.17, 15) is 0 Å². The largest absolute Gasteiger partial charge is 0.493 e. The number of hydrogen-bond acceptors (Lipinski definition) is 5. The van der Waals surface area contributed by atoms with Gasteiger partial charge in [0.05, 0.1) is 7.11 Å². The molecule has 2 N–H and O–H groups in total. The molecule has 1 aromatic heterocycles. The Hall–Kier alpha value is -2.58. The van der Waals surface area contributed by atoms with Crippen molar-refractivity contribution in [1.29, 1.82) is 5.26 Å². The van der Waals surface area contributed by atoms with Crippen LogP contribution in [0.25, 0.3) is 0 Å². The first kappa shape index (κ1) is 14.8. The molecule has 21 heavy (non-hydrogen) atoms. The summed E-state index contributed by atoms with van der Waals surface area (Å²) in [6, 6.07) is 11.1. The van der Waals surface area contributed by atoms with Crippen LogP contribution in [0.2, 0.25) is 0 Å². The van der Waals surface area contributed by atoms with Crippen molar-refractivity contribution in [3.05, 3.63) is 53.3 Å². The van der Waals surface area contributed by atoms with E-state index in [2.05, 4.69) is 4.98 Å². The van der Waals surface area contributed by atoms with Crippen molar-refractivity contribution in [2.24, 2.45) is 5.73 Å². The van der Waals surface area contributed by atoms with Gasteiger partial charge in [0.2, 0.25) is 0 Å². The van der Waals surface area contributed by atoms with Gasteiger partial charge in [-0.05, 0) is 42.3 Å². The Morgan fingerprint density at radius 1 is 1.29 bits per heavy atom. The van der Waals surface area contributed by atoms with Crippen LogP contribution in [0.4, 0.5) is 0 Å². The molecule has 108 valence electrons. The van der Waals surface area contributed by atoms with Crippen LogP contribution in [0.1, 0.15) is 29.8 Å². The number of benzene rings is 1. The lowest BCUT2D eigenvalue weighted by molar-refractivity contribution is 0.284. The molecule has 1 aromatic carbocycles. The standard InChI is InChI=1S/C16H17N3O2/c1-11(18)13-3-4-15(16(8-13)20-2)21-10-12-5-6-19-14(7-12)9-17/h3-8,11H,10,18H2,1-2H3. The number of nitriles is 1. The number of methoxy groups -OCH3 is 1. The van der Waals surface area contributed by atoms with Gasteiger partial charge >= 0.3 is 0 Å². The molecule has 5 heteroatoms. The first-order chi connectivity index (χ1) is 10.1. The summed E-state index contributed by atoms with van der Waals surface area (Å²) in [5.74, 6) is 1.27. The monoisotopic (exact) mass is 283 g/mol. The third-order valence-corrected chi connectivity index (χ3v) is 3.05. The van der Waals surface area contributed by atoms with Crippen LogP contribution in [-0.4, -0.2) is 12.1 Å². The number of hydrogen-bond donors (Lipinski definition) is 1. The fourth-order valence-corrected chi connectivity index (χ4v) is 1.87. The van der Waals surface area contributed by atoms with Crippen LogP contribution >= 0.6 is 0 Å². The van der Waals surface area contributed by atoms with Gasteiger partial charge in [-0.25, -0.2) is 4.98 Å². The maximum atomic E-state index is 8.83. The second-order valence-corrected chi connectivity index (χ2v) is 4.65. The van der Waals surface area contributed by atoms with Crippen LogP contribution < -0.4 is 15.2 Å². The number of rotatable bonds is 5. The van der Waals surface area contributed by atoms with Crippen molar-refractivity contribution in [3.8, 4) is 17.6 Å². The smallest absolute Gasteiger partial charge is 0.161 e. The summed E-state index contributed by atoms with van der Waals surface area (Å²) < 4.78 is 11.1. The molecule has 1 unspecified atom stereocenters. The molecule has 5 nitrogen and oxygen atoms in total. The Morgan fingerprint density at radius 3 is 2.76 bits per heavy atom. The zero-order chi connectivity index (χ0) is 15.2. The Labute approximate surface area is 123 Å². The Bertz CT molecular complexity index is 663. The summed E-state index contributed by atoms with van der Waals surface area (Å²) in [4.78, 5) is 3.92. The molecule has 0 radical (unpaired) electrons. The van der Waals surface area contributed by atoms with Gasteiger partial charge in [0.25, 0.3) is 0 Å². The van der Waals surface area contributed by atoms with Crippen molar-refractivity contribution < 1.29 is 9.47 Å².